The molecule has 0 spiro atoms. The number of methoxy groups -OCH3 is 1. The van der Waals surface area contributed by atoms with Gasteiger partial charge in [-0.05, 0) is 31.0 Å². The van der Waals surface area contributed by atoms with Crippen LogP contribution in [0.5, 0.6) is 11.5 Å². The van der Waals surface area contributed by atoms with Crippen molar-refractivity contribution >= 4 is 11.9 Å². The Morgan fingerprint density at radius 3 is 2.83 bits per heavy atom. The predicted octanol–water partition coefficient (Wildman–Crippen LogP) is 2.02. The van der Waals surface area contributed by atoms with Crippen molar-refractivity contribution in [2.45, 2.75) is 32.1 Å². The molecule has 1 aromatic carbocycles. The van der Waals surface area contributed by atoms with Crippen molar-refractivity contribution in [2.75, 3.05) is 26.9 Å². The number of nitrogens with one attached hydrogen (secondary N) is 1. The molecular weight excluding hydrogens is 298 g/mol. The van der Waals surface area contributed by atoms with E-state index >= 15 is 0 Å². The fourth-order valence-corrected chi connectivity index (χ4v) is 2.53. The van der Waals surface area contributed by atoms with Crippen molar-refractivity contribution in [3.63, 3.8) is 0 Å². The molecule has 1 amide bonds. The van der Waals surface area contributed by atoms with E-state index in [9.17, 15) is 9.59 Å². The Morgan fingerprint density at radius 2 is 2.17 bits per heavy atom. The van der Waals surface area contributed by atoms with Gasteiger partial charge in [0.25, 0.3) is 0 Å². The Hall–Kier alpha value is -2.24. The summed E-state index contributed by atoms with van der Waals surface area (Å²) in [6.45, 7) is 3.23. The monoisotopic (exact) mass is 321 g/mol. The first kappa shape index (κ1) is 17.1. The summed E-state index contributed by atoms with van der Waals surface area (Å²) in [4.78, 5) is 22.6. The third-order valence-electron chi connectivity index (χ3n) is 3.72. The van der Waals surface area contributed by atoms with E-state index in [0.29, 0.717) is 50.5 Å². The summed E-state index contributed by atoms with van der Waals surface area (Å²) in [5, 5.41) is 2.83. The SMILES string of the molecule is CCOC(=O)CCCOc1cc(C2CNC(=O)C2)ccc1OC. The molecule has 126 valence electrons. The standard InChI is InChI=1S/C17H23NO5/c1-3-22-17(20)5-4-8-23-15-9-12(6-7-14(15)21-2)13-10-16(19)18-11-13/h6-7,9,13H,3-5,8,10-11H2,1-2H3,(H,18,19). The van der Waals surface area contributed by atoms with Gasteiger partial charge in [-0.15, -0.1) is 0 Å². The number of rotatable bonds is 8. The fourth-order valence-electron chi connectivity index (χ4n) is 2.53. The lowest BCUT2D eigenvalue weighted by Gasteiger charge is -2.14. The third-order valence-corrected chi connectivity index (χ3v) is 3.72. The fraction of sp³-hybridized carbons (Fsp3) is 0.529. The maximum absolute atomic E-state index is 11.4. The molecule has 1 aliphatic rings. The Balaban J connectivity index is 1.93. The van der Waals surface area contributed by atoms with E-state index in [-0.39, 0.29) is 17.8 Å². The van der Waals surface area contributed by atoms with E-state index in [2.05, 4.69) is 5.32 Å². The van der Waals surface area contributed by atoms with Crippen molar-refractivity contribution in [2.24, 2.45) is 0 Å². The number of ether oxygens (including phenoxy) is 3. The molecule has 1 heterocycles. The maximum atomic E-state index is 11.4. The predicted molar refractivity (Wildman–Crippen MR) is 84.7 cm³/mol. The van der Waals surface area contributed by atoms with Crippen LogP contribution in [0.25, 0.3) is 0 Å². The Labute approximate surface area is 136 Å². The summed E-state index contributed by atoms with van der Waals surface area (Å²) in [5.74, 6) is 1.29. The number of carbonyl (C=O) groups excluding carboxylic acids is 2. The summed E-state index contributed by atoms with van der Waals surface area (Å²) in [7, 11) is 1.58. The van der Waals surface area contributed by atoms with E-state index in [1.54, 1.807) is 14.0 Å². The lowest BCUT2D eigenvalue weighted by atomic mass is 9.98. The van der Waals surface area contributed by atoms with Gasteiger partial charge < -0.3 is 19.5 Å². The van der Waals surface area contributed by atoms with Crippen molar-refractivity contribution in [3.05, 3.63) is 23.8 Å². The summed E-state index contributed by atoms with van der Waals surface area (Å²) < 4.78 is 15.9. The molecular formula is C17H23NO5. The summed E-state index contributed by atoms with van der Waals surface area (Å²) >= 11 is 0. The third kappa shape index (κ3) is 4.87. The second-order valence-corrected chi connectivity index (χ2v) is 5.37. The molecule has 0 aromatic heterocycles. The van der Waals surface area contributed by atoms with Crippen LogP contribution in [0.1, 0.15) is 37.7 Å². The molecule has 6 heteroatoms. The Morgan fingerprint density at radius 1 is 1.35 bits per heavy atom. The molecule has 6 nitrogen and oxygen atoms in total. The van der Waals surface area contributed by atoms with Crippen LogP contribution in [-0.4, -0.2) is 38.7 Å². The number of esters is 1. The minimum absolute atomic E-state index is 0.0720. The summed E-state index contributed by atoms with van der Waals surface area (Å²) in [6, 6.07) is 5.71. The zero-order valence-corrected chi connectivity index (χ0v) is 13.6. The highest BCUT2D eigenvalue weighted by Crippen LogP contribution is 2.33. The van der Waals surface area contributed by atoms with Crippen LogP contribution in [0.3, 0.4) is 0 Å². The number of benzene rings is 1. The molecule has 1 N–H and O–H groups in total. The van der Waals surface area contributed by atoms with E-state index in [0.717, 1.165) is 5.56 Å². The van der Waals surface area contributed by atoms with Crippen molar-refractivity contribution in [1.82, 2.24) is 5.32 Å². The van der Waals surface area contributed by atoms with Gasteiger partial charge in [0.2, 0.25) is 5.91 Å². The molecule has 0 bridgehead atoms. The second-order valence-electron chi connectivity index (χ2n) is 5.37. The van der Waals surface area contributed by atoms with E-state index < -0.39 is 0 Å². The molecule has 23 heavy (non-hydrogen) atoms. The largest absolute Gasteiger partial charge is 0.493 e. The van der Waals surface area contributed by atoms with Gasteiger partial charge in [-0.25, -0.2) is 0 Å². The molecule has 1 aromatic rings. The quantitative estimate of drug-likeness (QED) is 0.586. The van der Waals surface area contributed by atoms with Gasteiger partial charge in [0.15, 0.2) is 11.5 Å². The van der Waals surface area contributed by atoms with Gasteiger partial charge in [0.1, 0.15) is 0 Å². The minimum Gasteiger partial charge on any atom is -0.493 e. The van der Waals surface area contributed by atoms with E-state index in [1.807, 2.05) is 18.2 Å². The van der Waals surface area contributed by atoms with Crippen LogP contribution in [0.4, 0.5) is 0 Å². The van der Waals surface area contributed by atoms with E-state index in [4.69, 9.17) is 14.2 Å². The smallest absolute Gasteiger partial charge is 0.305 e. The highest BCUT2D eigenvalue weighted by molar-refractivity contribution is 5.79. The minimum atomic E-state index is -0.215. The zero-order chi connectivity index (χ0) is 16.7. The van der Waals surface area contributed by atoms with E-state index in [1.165, 1.54) is 0 Å². The highest BCUT2D eigenvalue weighted by Gasteiger charge is 2.24. The molecule has 1 saturated heterocycles. The van der Waals surface area contributed by atoms with Crippen molar-refractivity contribution < 1.29 is 23.8 Å². The zero-order valence-electron chi connectivity index (χ0n) is 13.6. The molecule has 1 atom stereocenters. The average Bonchev–Trinajstić information content (AvgIpc) is 2.98. The van der Waals surface area contributed by atoms with Crippen LogP contribution >= 0.6 is 0 Å². The van der Waals surface area contributed by atoms with Gasteiger partial charge in [0.05, 0.1) is 20.3 Å². The topological polar surface area (TPSA) is 73.9 Å². The molecule has 0 aliphatic carbocycles. The Bertz CT molecular complexity index is 558. The average molecular weight is 321 g/mol. The second kappa shape index (κ2) is 8.41. The first-order chi connectivity index (χ1) is 11.1. The molecule has 1 aliphatic heterocycles. The van der Waals surface area contributed by atoms with Gasteiger partial charge in [0, 0.05) is 25.3 Å². The summed E-state index contributed by atoms with van der Waals surface area (Å²) in [5.41, 5.74) is 1.05. The first-order valence-electron chi connectivity index (χ1n) is 7.87. The van der Waals surface area contributed by atoms with Crippen LogP contribution in [0.15, 0.2) is 18.2 Å². The number of hydrogen-bond donors (Lipinski definition) is 1. The Kier molecular flexibility index (Phi) is 6.26. The lowest BCUT2D eigenvalue weighted by molar-refractivity contribution is -0.143. The van der Waals surface area contributed by atoms with Gasteiger partial charge in [-0.1, -0.05) is 6.07 Å². The molecule has 1 fully saturated rings. The van der Waals surface area contributed by atoms with Crippen LogP contribution in [-0.2, 0) is 14.3 Å². The number of amides is 1. The summed E-state index contributed by atoms with van der Waals surface area (Å²) in [6.07, 6.45) is 1.40. The molecule has 2 rings (SSSR count). The van der Waals surface area contributed by atoms with Crippen LogP contribution in [0.2, 0.25) is 0 Å². The van der Waals surface area contributed by atoms with Crippen LogP contribution in [0, 0.1) is 0 Å². The van der Waals surface area contributed by atoms with Crippen molar-refractivity contribution in [3.8, 4) is 11.5 Å². The van der Waals surface area contributed by atoms with Crippen molar-refractivity contribution in [1.29, 1.82) is 0 Å². The number of carbonyl (C=O) groups is 2. The lowest BCUT2D eigenvalue weighted by Crippen LogP contribution is -2.13. The first-order valence-corrected chi connectivity index (χ1v) is 7.87. The highest BCUT2D eigenvalue weighted by atomic mass is 16.5. The molecule has 0 radical (unpaired) electrons. The van der Waals surface area contributed by atoms with Gasteiger partial charge >= 0.3 is 5.97 Å². The molecule has 1 unspecified atom stereocenters. The van der Waals surface area contributed by atoms with Gasteiger partial charge in [-0.2, -0.15) is 0 Å². The van der Waals surface area contributed by atoms with Gasteiger partial charge in [-0.3, -0.25) is 9.59 Å². The van der Waals surface area contributed by atoms with Crippen LogP contribution < -0.4 is 14.8 Å². The maximum Gasteiger partial charge on any atom is 0.305 e. The normalized spacial score (nSPS) is 16.8. The number of hydrogen-bond acceptors (Lipinski definition) is 5. The molecule has 0 saturated carbocycles.